The number of rotatable bonds is 5. The number of hydrogen-bond acceptors (Lipinski definition) is 6. The third-order valence-electron chi connectivity index (χ3n) is 4.40. The van der Waals surface area contributed by atoms with Crippen molar-refractivity contribution in [2.24, 2.45) is 0 Å². The zero-order chi connectivity index (χ0) is 17.9. The Morgan fingerprint density at radius 1 is 1.19 bits per heavy atom. The van der Waals surface area contributed by atoms with Crippen LogP contribution in [0.25, 0.3) is 11.3 Å². The van der Waals surface area contributed by atoms with E-state index in [0.717, 1.165) is 29.0 Å². The molecule has 4 rings (SSSR count). The first kappa shape index (κ1) is 19.0. The number of fused-ring (bicyclic) bond motifs is 1. The Morgan fingerprint density at radius 2 is 2.07 bits per heavy atom. The van der Waals surface area contributed by atoms with Crippen LogP contribution in [0.15, 0.2) is 43.0 Å². The Kier molecular flexibility index (Phi) is 5.85. The maximum absolute atomic E-state index is 13.0. The summed E-state index contributed by atoms with van der Waals surface area (Å²) in [5, 5.41) is 3.33. The summed E-state index contributed by atoms with van der Waals surface area (Å²) in [6.45, 7) is 3.52. The van der Waals surface area contributed by atoms with Gasteiger partial charge in [0.2, 0.25) is 5.95 Å². The summed E-state index contributed by atoms with van der Waals surface area (Å²) in [7, 11) is 0. The van der Waals surface area contributed by atoms with E-state index in [1.807, 2.05) is 18.3 Å². The smallest absolute Gasteiger partial charge is 0.212 e. The van der Waals surface area contributed by atoms with Gasteiger partial charge in [-0.3, -0.25) is 4.98 Å². The van der Waals surface area contributed by atoms with Crippen LogP contribution < -0.4 is 10.1 Å². The molecule has 0 radical (unpaired) electrons. The van der Waals surface area contributed by atoms with Crippen LogP contribution >= 0.6 is 13.5 Å². The van der Waals surface area contributed by atoms with E-state index in [9.17, 15) is 4.39 Å². The number of nitrogens with zero attached hydrogens (tertiary/aromatic N) is 4. The normalized spacial score (nSPS) is 13.3. The van der Waals surface area contributed by atoms with Gasteiger partial charge in [-0.25, -0.2) is 15.0 Å². The Hall–Kier alpha value is -2.74. The number of ether oxygens (including phenoxy) is 1. The molecule has 140 valence electrons. The Morgan fingerprint density at radius 3 is 2.89 bits per heavy atom. The summed E-state index contributed by atoms with van der Waals surface area (Å²) in [5.74, 6) is 1.35. The van der Waals surface area contributed by atoms with Crippen molar-refractivity contribution in [2.75, 3.05) is 18.5 Å². The Bertz CT molecular complexity index is 922. The first-order valence-electron chi connectivity index (χ1n) is 8.49. The predicted octanol–water partition coefficient (Wildman–Crippen LogP) is 3.34. The van der Waals surface area contributed by atoms with E-state index in [1.165, 1.54) is 18.6 Å². The quantitative estimate of drug-likeness (QED) is 0.679. The highest BCUT2D eigenvalue weighted by Gasteiger charge is 2.20. The van der Waals surface area contributed by atoms with Gasteiger partial charge in [-0.05, 0) is 18.2 Å². The number of aromatic nitrogens is 4. The van der Waals surface area contributed by atoms with Crippen molar-refractivity contribution in [3.05, 3.63) is 60.2 Å². The molecule has 0 unspecified atom stereocenters. The topological polar surface area (TPSA) is 72.8 Å². The third-order valence-corrected chi connectivity index (χ3v) is 4.40. The minimum atomic E-state index is -0.512. The second kappa shape index (κ2) is 8.30. The fraction of sp³-hybridized carbons (Fsp3) is 0.263. The lowest BCUT2D eigenvalue weighted by Crippen LogP contribution is -2.12. The van der Waals surface area contributed by atoms with Gasteiger partial charge in [0.1, 0.15) is 17.9 Å². The molecule has 0 bridgehead atoms. The standard InChI is InChI=1S/C19H18FN5O.H2S/c1-12(14-4-6-21-15-5-7-26-19(14)15)9-23-18-8-16(24-11-25-18)13-2-3-17(20)22-10-13;/h2-4,6,8,10-12H,5,7,9H2,1H3,(H,23,24,25);1H2/t12-;/m1./s1. The van der Waals surface area contributed by atoms with Crippen LogP contribution in [0.5, 0.6) is 5.75 Å². The van der Waals surface area contributed by atoms with Crippen molar-refractivity contribution in [3.63, 3.8) is 0 Å². The van der Waals surface area contributed by atoms with Crippen LogP contribution in [0.4, 0.5) is 10.2 Å². The lowest BCUT2D eigenvalue weighted by atomic mass is 10.00. The highest BCUT2D eigenvalue weighted by atomic mass is 32.1. The summed E-state index contributed by atoms with van der Waals surface area (Å²) in [6, 6.07) is 6.80. The molecule has 1 N–H and O–H groups in total. The molecule has 8 heteroatoms. The molecule has 0 spiro atoms. The predicted molar refractivity (Wildman–Crippen MR) is 106 cm³/mol. The van der Waals surface area contributed by atoms with E-state index in [0.29, 0.717) is 24.7 Å². The zero-order valence-corrected chi connectivity index (χ0v) is 15.8. The molecule has 6 nitrogen and oxygen atoms in total. The summed E-state index contributed by atoms with van der Waals surface area (Å²) >= 11 is 0. The van der Waals surface area contributed by atoms with Gasteiger partial charge in [0.05, 0.1) is 18.0 Å². The average molecular weight is 385 g/mol. The lowest BCUT2D eigenvalue weighted by Gasteiger charge is -2.16. The molecule has 3 aromatic rings. The van der Waals surface area contributed by atoms with Gasteiger partial charge in [0.25, 0.3) is 0 Å². The molecule has 4 heterocycles. The van der Waals surface area contributed by atoms with Crippen molar-refractivity contribution in [3.8, 4) is 17.0 Å². The first-order chi connectivity index (χ1) is 12.7. The maximum atomic E-state index is 13.0. The first-order valence-corrected chi connectivity index (χ1v) is 8.49. The maximum Gasteiger partial charge on any atom is 0.212 e. The number of halogens is 1. The zero-order valence-electron chi connectivity index (χ0n) is 14.8. The minimum Gasteiger partial charge on any atom is -0.491 e. The average Bonchev–Trinajstić information content (AvgIpc) is 3.16. The Balaban J connectivity index is 0.00000210. The van der Waals surface area contributed by atoms with Gasteiger partial charge >= 0.3 is 0 Å². The summed E-state index contributed by atoms with van der Waals surface area (Å²) in [5.41, 5.74) is 3.61. The Labute approximate surface area is 163 Å². The van der Waals surface area contributed by atoms with Crippen LogP contribution in [0.1, 0.15) is 24.1 Å². The van der Waals surface area contributed by atoms with E-state index in [4.69, 9.17) is 4.74 Å². The monoisotopic (exact) mass is 385 g/mol. The fourth-order valence-electron chi connectivity index (χ4n) is 3.00. The highest BCUT2D eigenvalue weighted by molar-refractivity contribution is 7.59. The van der Waals surface area contributed by atoms with Crippen LogP contribution in [0.3, 0.4) is 0 Å². The van der Waals surface area contributed by atoms with Crippen LogP contribution in [-0.2, 0) is 6.42 Å². The molecule has 1 aliphatic heterocycles. The number of hydrogen-bond donors (Lipinski definition) is 1. The highest BCUT2D eigenvalue weighted by Crippen LogP contribution is 2.32. The number of nitrogens with one attached hydrogen (secondary N) is 1. The lowest BCUT2D eigenvalue weighted by molar-refractivity contribution is 0.352. The molecular formula is C19H20FN5OS. The minimum absolute atomic E-state index is 0. The van der Waals surface area contributed by atoms with Crippen LogP contribution in [-0.4, -0.2) is 33.1 Å². The number of anilines is 1. The van der Waals surface area contributed by atoms with Crippen molar-refractivity contribution in [1.29, 1.82) is 0 Å². The molecule has 1 atom stereocenters. The van der Waals surface area contributed by atoms with Gasteiger partial charge in [-0.15, -0.1) is 0 Å². The van der Waals surface area contributed by atoms with Crippen molar-refractivity contribution in [1.82, 2.24) is 19.9 Å². The second-order valence-corrected chi connectivity index (χ2v) is 6.21. The van der Waals surface area contributed by atoms with E-state index < -0.39 is 5.95 Å². The van der Waals surface area contributed by atoms with Gasteiger partial charge in [-0.1, -0.05) is 6.92 Å². The van der Waals surface area contributed by atoms with E-state index in [-0.39, 0.29) is 19.4 Å². The van der Waals surface area contributed by atoms with Crippen molar-refractivity contribution in [2.45, 2.75) is 19.3 Å². The molecule has 0 amide bonds. The third kappa shape index (κ3) is 4.16. The summed E-state index contributed by atoms with van der Waals surface area (Å²) < 4.78 is 18.7. The molecule has 0 saturated carbocycles. The summed E-state index contributed by atoms with van der Waals surface area (Å²) in [6.07, 6.45) is 5.65. The van der Waals surface area contributed by atoms with Crippen molar-refractivity contribution >= 4 is 19.3 Å². The molecule has 3 aromatic heterocycles. The van der Waals surface area contributed by atoms with Crippen molar-refractivity contribution < 1.29 is 9.13 Å². The molecular weight excluding hydrogens is 365 g/mol. The van der Waals surface area contributed by atoms with E-state index >= 15 is 0 Å². The molecule has 0 fully saturated rings. The van der Waals surface area contributed by atoms with Gasteiger partial charge in [-0.2, -0.15) is 17.9 Å². The molecule has 0 aromatic carbocycles. The van der Waals surface area contributed by atoms with Crippen LogP contribution in [0, 0.1) is 5.95 Å². The van der Waals surface area contributed by atoms with E-state index in [1.54, 1.807) is 6.07 Å². The molecule has 0 saturated heterocycles. The van der Waals surface area contributed by atoms with Gasteiger partial charge in [0, 0.05) is 48.5 Å². The van der Waals surface area contributed by atoms with Gasteiger partial charge < -0.3 is 10.1 Å². The van der Waals surface area contributed by atoms with Crippen LogP contribution in [0.2, 0.25) is 0 Å². The summed E-state index contributed by atoms with van der Waals surface area (Å²) in [4.78, 5) is 16.5. The SMILES string of the molecule is C[C@H](CNc1cc(-c2ccc(F)nc2)ncn1)c1ccnc2c1OCC2.S. The number of pyridine rings is 2. The van der Waals surface area contributed by atoms with Gasteiger partial charge in [0.15, 0.2) is 0 Å². The largest absolute Gasteiger partial charge is 0.491 e. The molecule has 1 aliphatic rings. The molecule has 0 aliphatic carbocycles. The molecule has 27 heavy (non-hydrogen) atoms. The fourth-order valence-corrected chi connectivity index (χ4v) is 3.00. The van der Waals surface area contributed by atoms with E-state index in [2.05, 4.69) is 32.2 Å². The second-order valence-electron chi connectivity index (χ2n) is 6.21.